The van der Waals surface area contributed by atoms with Crippen LogP contribution in [0.2, 0.25) is 0 Å². The van der Waals surface area contributed by atoms with Crippen molar-refractivity contribution in [3.8, 4) is 0 Å². The fourth-order valence-corrected chi connectivity index (χ4v) is 0.546. The van der Waals surface area contributed by atoms with E-state index in [1.165, 1.54) is 12.1 Å². The predicted octanol–water partition coefficient (Wildman–Crippen LogP) is 1.01. The molecule has 1 aromatic rings. The highest BCUT2D eigenvalue weighted by molar-refractivity contribution is 7.78. The van der Waals surface area contributed by atoms with E-state index in [1.54, 1.807) is 12.1 Å². The predicted molar refractivity (Wildman–Crippen MR) is 52.1 cm³/mol. The Labute approximate surface area is 75.5 Å². The van der Waals surface area contributed by atoms with Crippen molar-refractivity contribution in [3.63, 3.8) is 0 Å². The standard InChI is InChI=1S/C6H7FN2.CH3NS/c7-5-1-3-6(9-8)4-2-5;2-1-3/h1-4,9H,8H2;1H,(H2,2,3). The average molecular weight is 187 g/mol. The molecule has 5 heteroatoms. The highest BCUT2D eigenvalue weighted by Gasteiger charge is 1.87. The molecule has 0 radical (unpaired) electrons. The fraction of sp³-hybridized carbons (Fsp3) is 0. The first-order valence-corrected chi connectivity index (χ1v) is 3.59. The van der Waals surface area contributed by atoms with Gasteiger partial charge in [-0.25, -0.2) is 4.39 Å². The second-order valence-corrected chi connectivity index (χ2v) is 2.06. The van der Waals surface area contributed by atoms with Gasteiger partial charge in [0.05, 0.1) is 5.49 Å². The van der Waals surface area contributed by atoms with Crippen molar-refractivity contribution in [3.05, 3.63) is 30.1 Å². The summed E-state index contributed by atoms with van der Waals surface area (Å²) in [6.07, 6.45) is 0. The molecule has 0 saturated carbocycles. The van der Waals surface area contributed by atoms with Gasteiger partial charge in [0.1, 0.15) is 5.82 Å². The lowest BCUT2D eigenvalue weighted by Crippen LogP contribution is -2.05. The van der Waals surface area contributed by atoms with Gasteiger partial charge in [0.15, 0.2) is 0 Å². The summed E-state index contributed by atoms with van der Waals surface area (Å²) in [5, 5.41) is 0. The number of hydrogen-bond donors (Lipinski definition) is 3. The van der Waals surface area contributed by atoms with Crippen LogP contribution in [0, 0.1) is 5.82 Å². The van der Waals surface area contributed by atoms with Gasteiger partial charge in [0.2, 0.25) is 0 Å². The van der Waals surface area contributed by atoms with E-state index in [1.807, 2.05) is 0 Å². The van der Waals surface area contributed by atoms with Crippen molar-refractivity contribution >= 4 is 23.4 Å². The van der Waals surface area contributed by atoms with Crippen LogP contribution in [0.3, 0.4) is 0 Å². The summed E-state index contributed by atoms with van der Waals surface area (Å²) in [6.45, 7) is 0. The fourth-order valence-electron chi connectivity index (χ4n) is 0.546. The van der Waals surface area contributed by atoms with E-state index in [0.29, 0.717) is 5.69 Å². The van der Waals surface area contributed by atoms with Crippen LogP contribution in [0.25, 0.3) is 0 Å². The van der Waals surface area contributed by atoms with E-state index in [9.17, 15) is 4.39 Å². The van der Waals surface area contributed by atoms with Crippen LogP contribution >= 0.6 is 12.2 Å². The Bertz CT molecular complexity index is 225. The third kappa shape index (κ3) is 4.59. The molecule has 0 spiro atoms. The third-order valence-electron chi connectivity index (χ3n) is 1.01. The molecule has 0 aliphatic carbocycles. The van der Waals surface area contributed by atoms with Crippen LogP contribution in [0.15, 0.2) is 24.3 Å². The summed E-state index contributed by atoms with van der Waals surface area (Å²) in [6, 6.07) is 5.81. The molecule has 12 heavy (non-hydrogen) atoms. The van der Waals surface area contributed by atoms with Crippen molar-refractivity contribution in [1.82, 2.24) is 0 Å². The van der Waals surface area contributed by atoms with Gasteiger partial charge in [0, 0.05) is 5.69 Å². The maximum absolute atomic E-state index is 12.2. The van der Waals surface area contributed by atoms with Gasteiger partial charge in [0.25, 0.3) is 0 Å². The number of benzene rings is 1. The lowest BCUT2D eigenvalue weighted by Gasteiger charge is -1.95. The second-order valence-electron chi connectivity index (χ2n) is 1.79. The van der Waals surface area contributed by atoms with Crippen molar-refractivity contribution in [2.45, 2.75) is 0 Å². The minimum absolute atomic E-state index is 0.256. The zero-order valence-electron chi connectivity index (χ0n) is 6.33. The van der Waals surface area contributed by atoms with Gasteiger partial charge >= 0.3 is 0 Å². The summed E-state index contributed by atoms with van der Waals surface area (Å²) < 4.78 is 12.2. The Morgan fingerprint density at radius 1 is 1.33 bits per heavy atom. The minimum atomic E-state index is -0.256. The van der Waals surface area contributed by atoms with Crippen molar-refractivity contribution in [2.24, 2.45) is 11.6 Å². The number of thiocarbonyl (C=S) groups is 1. The Morgan fingerprint density at radius 3 is 2.08 bits per heavy atom. The Kier molecular flexibility index (Phi) is 5.86. The molecule has 5 N–H and O–H groups in total. The van der Waals surface area contributed by atoms with E-state index in [2.05, 4.69) is 23.4 Å². The van der Waals surface area contributed by atoms with Gasteiger partial charge in [-0.2, -0.15) is 0 Å². The number of hydrazine groups is 1. The van der Waals surface area contributed by atoms with Crippen LogP contribution in [0.1, 0.15) is 0 Å². The highest BCUT2D eigenvalue weighted by atomic mass is 32.1. The molecular weight excluding hydrogens is 177 g/mol. The molecule has 1 aromatic carbocycles. The Morgan fingerprint density at radius 2 is 1.75 bits per heavy atom. The lowest BCUT2D eigenvalue weighted by molar-refractivity contribution is 0.628. The molecule has 0 fully saturated rings. The molecule has 0 saturated heterocycles. The Hall–Kier alpha value is -1.20. The average Bonchev–Trinajstić information content (AvgIpc) is 2.07. The zero-order chi connectivity index (χ0) is 9.40. The summed E-state index contributed by atoms with van der Waals surface area (Å²) in [7, 11) is 0. The van der Waals surface area contributed by atoms with E-state index in [0.717, 1.165) is 5.49 Å². The normalized spacial score (nSPS) is 7.83. The summed E-state index contributed by atoms with van der Waals surface area (Å²) in [5.41, 5.74) is 8.71. The van der Waals surface area contributed by atoms with Crippen LogP contribution in [0.5, 0.6) is 0 Å². The van der Waals surface area contributed by atoms with E-state index in [-0.39, 0.29) is 5.82 Å². The van der Waals surface area contributed by atoms with Gasteiger partial charge in [-0.15, -0.1) is 0 Å². The summed E-state index contributed by atoms with van der Waals surface area (Å²) >= 11 is 4.05. The van der Waals surface area contributed by atoms with Crippen molar-refractivity contribution in [2.75, 3.05) is 5.43 Å². The molecule has 0 unspecified atom stereocenters. The zero-order valence-corrected chi connectivity index (χ0v) is 7.14. The maximum Gasteiger partial charge on any atom is 0.123 e. The number of hydrogen-bond acceptors (Lipinski definition) is 3. The first kappa shape index (κ1) is 10.8. The molecule has 0 heterocycles. The Balaban J connectivity index is 0.000000354. The topological polar surface area (TPSA) is 64.1 Å². The molecule has 0 amide bonds. The summed E-state index contributed by atoms with van der Waals surface area (Å²) in [4.78, 5) is 0. The summed E-state index contributed by atoms with van der Waals surface area (Å²) in [5.74, 6) is 4.77. The lowest BCUT2D eigenvalue weighted by atomic mass is 10.3. The first-order chi connectivity index (χ1) is 5.74. The molecule has 0 atom stereocenters. The molecule has 0 aliphatic rings. The van der Waals surface area contributed by atoms with E-state index in [4.69, 9.17) is 5.84 Å². The molecule has 0 aliphatic heterocycles. The second kappa shape index (κ2) is 6.51. The number of halogens is 1. The third-order valence-corrected chi connectivity index (χ3v) is 1.01. The number of nitrogens with two attached hydrogens (primary N) is 2. The van der Waals surface area contributed by atoms with Crippen LogP contribution in [-0.2, 0) is 0 Å². The van der Waals surface area contributed by atoms with Crippen molar-refractivity contribution in [1.29, 1.82) is 0 Å². The number of nitrogen functional groups attached to an aromatic ring is 1. The number of anilines is 1. The largest absolute Gasteiger partial charge is 0.396 e. The van der Waals surface area contributed by atoms with Gasteiger partial charge in [-0.1, -0.05) is 12.2 Å². The van der Waals surface area contributed by atoms with E-state index < -0.39 is 0 Å². The molecule has 3 nitrogen and oxygen atoms in total. The van der Waals surface area contributed by atoms with Crippen molar-refractivity contribution < 1.29 is 4.39 Å². The monoisotopic (exact) mass is 187 g/mol. The quantitative estimate of drug-likeness (QED) is 0.349. The molecule has 0 aromatic heterocycles. The van der Waals surface area contributed by atoms with Crippen LogP contribution < -0.4 is 17.0 Å². The van der Waals surface area contributed by atoms with Gasteiger partial charge in [-0.3, -0.25) is 5.84 Å². The first-order valence-electron chi connectivity index (χ1n) is 3.12. The smallest absolute Gasteiger partial charge is 0.123 e. The molecule has 0 bridgehead atoms. The van der Waals surface area contributed by atoms with Crippen LogP contribution in [-0.4, -0.2) is 5.49 Å². The van der Waals surface area contributed by atoms with Gasteiger partial charge < -0.3 is 11.2 Å². The van der Waals surface area contributed by atoms with Gasteiger partial charge in [-0.05, 0) is 24.3 Å². The number of rotatable bonds is 1. The number of nitrogens with one attached hydrogen (secondary N) is 1. The molecule has 66 valence electrons. The minimum Gasteiger partial charge on any atom is -0.396 e. The van der Waals surface area contributed by atoms with E-state index >= 15 is 0 Å². The highest BCUT2D eigenvalue weighted by Crippen LogP contribution is 2.05. The van der Waals surface area contributed by atoms with Crippen LogP contribution in [0.4, 0.5) is 10.1 Å². The molecular formula is C7H10FN3S. The SMILES string of the molecule is NC=S.NNc1ccc(F)cc1. The molecule has 1 rings (SSSR count). The maximum atomic E-state index is 12.2.